The number of rotatable bonds is 4. The van der Waals surface area contributed by atoms with Crippen LogP contribution in [-0.2, 0) is 0 Å². The fourth-order valence-electron chi connectivity index (χ4n) is 3.72. The van der Waals surface area contributed by atoms with Crippen molar-refractivity contribution in [1.29, 1.82) is 0 Å². The zero-order valence-corrected chi connectivity index (χ0v) is 15.5. The highest BCUT2D eigenvalue weighted by atomic mass is 16.5. The number of benzene rings is 1. The quantitative estimate of drug-likeness (QED) is 0.736. The van der Waals surface area contributed by atoms with Crippen molar-refractivity contribution in [3.05, 3.63) is 34.6 Å². The van der Waals surface area contributed by atoms with Gasteiger partial charge in [-0.25, -0.2) is 9.97 Å². The molecule has 3 aromatic rings. The zero-order chi connectivity index (χ0) is 17.8. The molecule has 0 radical (unpaired) electrons. The van der Waals surface area contributed by atoms with Crippen LogP contribution in [0, 0.1) is 27.7 Å². The lowest BCUT2D eigenvalue weighted by molar-refractivity contribution is 0.458. The maximum Gasteiger partial charge on any atom is 0.228 e. The van der Waals surface area contributed by atoms with E-state index in [1.165, 1.54) is 29.5 Å². The first-order chi connectivity index (χ1) is 11.9. The van der Waals surface area contributed by atoms with Gasteiger partial charge in [-0.2, -0.15) is 0 Å². The molecule has 1 saturated carbocycles. The van der Waals surface area contributed by atoms with Crippen LogP contribution in [0.15, 0.2) is 16.7 Å². The van der Waals surface area contributed by atoms with E-state index in [2.05, 4.69) is 60.3 Å². The van der Waals surface area contributed by atoms with E-state index >= 15 is 0 Å². The van der Waals surface area contributed by atoms with Crippen LogP contribution in [0.2, 0.25) is 0 Å². The molecule has 1 fully saturated rings. The van der Waals surface area contributed by atoms with Gasteiger partial charge in [-0.15, -0.1) is 0 Å². The Morgan fingerprint density at radius 2 is 1.76 bits per heavy atom. The minimum atomic E-state index is 0.163. The Morgan fingerprint density at radius 3 is 2.36 bits per heavy atom. The van der Waals surface area contributed by atoms with E-state index in [0.717, 1.165) is 34.8 Å². The summed E-state index contributed by atoms with van der Waals surface area (Å²) in [6.45, 7) is 10.5. The fraction of sp³-hybridized carbons (Fsp3) is 0.450. The van der Waals surface area contributed by atoms with Gasteiger partial charge in [-0.3, -0.25) is 0 Å². The molecule has 0 bridgehead atoms. The highest BCUT2D eigenvalue weighted by Crippen LogP contribution is 2.43. The largest absolute Gasteiger partial charge is 0.361 e. The van der Waals surface area contributed by atoms with Crippen LogP contribution in [0.25, 0.3) is 22.4 Å². The number of aromatic nitrogens is 3. The summed E-state index contributed by atoms with van der Waals surface area (Å²) in [7, 11) is 0. The van der Waals surface area contributed by atoms with E-state index in [0.29, 0.717) is 5.58 Å². The molecule has 5 nitrogen and oxygen atoms in total. The topological polar surface area (TPSA) is 63.8 Å². The monoisotopic (exact) mass is 336 g/mol. The zero-order valence-electron chi connectivity index (χ0n) is 15.5. The van der Waals surface area contributed by atoms with Gasteiger partial charge in [0, 0.05) is 11.1 Å². The summed E-state index contributed by atoms with van der Waals surface area (Å²) in [6.07, 6.45) is 3.42. The number of fused-ring (bicyclic) bond motifs is 1. The van der Waals surface area contributed by atoms with Gasteiger partial charge in [-0.1, -0.05) is 29.8 Å². The smallest absolute Gasteiger partial charge is 0.228 e. The van der Waals surface area contributed by atoms with Gasteiger partial charge < -0.3 is 9.84 Å². The molecule has 25 heavy (non-hydrogen) atoms. The van der Waals surface area contributed by atoms with Crippen LogP contribution in [0.3, 0.4) is 0 Å². The average Bonchev–Trinajstić information content (AvgIpc) is 3.19. The van der Waals surface area contributed by atoms with Gasteiger partial charge in [0.25, 0.3) is 0 Å². The Hall–Kier alpha value is -2.43. The molecule has 2 heterocycles. The van der Waals surface area contributed by atoms with Crippen LogP contribution in [-0.4, -0.2) is 20.7 Å². The SMILES string of the molecule is CCC1(Nc2nc(C)nc3c(-c4c(C)cc(C)cc4C)noc23)CC1. The van der Waals surface area contributed by atoms with E-state index in [-0.39, 0.29) is 5.54 Å². The summed E-state index contributed by atoms with van der Waals surface area (Å²) in [5.74, 6) is 1.50. The summed E-state index contributed by atoms with van der Waals surface area (Å²) >= 11 is 0. The second kappa shape index (κ2) is 5.55. The molecule has 4 rings (SSSR count). The van der Waals surface area contributed by atoms with Crippen LogP contribution >= 0.6 is 0 Å². The third-order valence-corrected chi connectivity index (χ3v) is 5.26. The first kappa shape index (κ1) is 16.1. The molecular formula is C20H24N4O. The van der Waals surface area contributed by atoms with E-state index < -0.39 is 0 Å². The second-order valence-electron chi connectivity index (χ2n) is 7.36. The summed E-state index contributed by atoms with van der Waals surface area (Å²) in [4.78, 5) is 9.23. The first-order valence-corrected chi connectivity index (χ1v) is 8.93. The van der Waals surface area contributed by atoms with Crippen molar-refractivity contribution in [3.8, 4) is 11.3 Å². The normalized spacial score (nSPS) is 15.6. The fourth-order valence-corrected chi connectivity index (χ4v) is 3.72. The van der Waals surface area contributed by atoms with E-state index in [1.54, 1.807) is 0 Å². The van der Waals surface area contributed by atoms with Gasteiger partial charge in [0.15, 0.2) is 5.82 Å². The molecule has 0 spiro atoms. The van der Waals surface area contributed by atoms with Gasteiger partial charge in [0.2, 0.25) is 5.58 Å². The standard InChI is InChI=1S/C20H24N4O/c1-6-20(7-8-20)23-19-18-17(21-14(5)22-19)16(24-25-18)15-12(3)9-11(2)10-13(15)4/h9-10H,6-8H2,1-5H3,(H,21,22,23). The van der Waals surface area contributed by atoms with E-state index in [4.69, 9.17) is 4.52 Å². The number of hydrogen-bond acceptors (Lipinski definition) is 5. The van der Waals surface area contributed by atoms with Gasteiger partial charge in [0.1, 0.15) is 17.0 Å². The number of nitrogens with zero attached hydrogens (tertiary/aromatic N) is 3. The Kier molecular flexibility index (Phi) is 3.56. The molecule has 0 aliphatic heterocycles. The lowest BCUT2D eigenvalue weighted by Crippen LogP contribution is -2.21. The number of hydrogen-bond donors (Lipinski definition) is 1. The maximum absolute atomic E-state index is 5.71. The summed E-state index contributed by atoms with van der Waals surface area (Å²) in [5.41, 5.74) is 7.13. The molecule has 0 amide bonds. The predicted molar refractivity (Wildman–Crippen MR) is 99.9 cm³/mol. The number of aryl methyl sites for hydroxylation is 4. The van der Waals surface area contributed by atoms with Crippen molar-refractivity contribution in [2.75, 3.05) is 5.32 Å². The van der Waals surface area contributed by atoms with Crippen molar-refractivity contribution in [1.82, 2.24) is 15.1 Å². The highest BCUT2D eigenvalue weighted by Gasteiger charge is 2.41. The average molecular weight is 336 g/mol. The third-order valence-electron chi connectivity index (χ3n) is 5.26. The Bertz CT molecular complexity index is 946. The molecule has 0 saturated heterocycles. The molecule has 1 aliphatic rings. The van der Waals surface area contributed by atoms with Crippen molar-refractivity contribution >= 4 is 16.9 Å². The van der Waals surface area contributed by atoms with Crippen molar-refractivity contribution in [2.24, 2.45) is 0 Å². The molecule has 2 aromatic heterocycles. The van der Waals surface area contributed by atoms with Gasteiger partial charge >= 0.3 is 0 Å². The maximum atomic E-state index is 5.71. The highest BCUT2D eigenvalue weighted by molar-refractivity contribution is 5.95. The van der Waals surface area contributed by atoms with Crippen LogP contribution < -0.4 is 5.32 Å². The summed E-state index contributed by atoms with van der Waals surface area (Å²) in [5, 5.41) is 7.96. The van der Waals surface area contributed by atoms with Crippen LogP contribution in [0.4, 0.5) is 5.82 Å². The Morgan fingerprint density at radius 1 is 1.08 bits per heavy atom. The third kappa shape index (κ3) is 2.68. The van der Waals surface area contributed by atoms with Crippen molar-refractivity contribution in [3.63, 3.8) is 0 Å². The minimum absolute atomic E-state index is 0.163. The Labute approximate surface area is 147 Å². The number of nitrogens with one attached hydrogen (secondary N) is 1. The minimum Gasteiger partial charge on any atom is -0.361 e. The number of anilines is 1. The molecule has 1 aliphatic carbocycles. The van der Waals surface area contributed by atoms with E-state index in [1.807, 2.05) is 6.92 Å². The summed E-state index contributed by atoms with van der Waals surface area (Å²) < 4.78 is 5.71. The molecular weight excluding hydrogens is 312 g/mol. The van der Waals surface area contributed by atoms with E-state index in [9.17, 15) is 0 Å². The predicted octanol–water partition coefficient (Wildman–Crippen LogP) is 4.87. The van der Waals surface area contributed by atoms with Crippen LogP contribution in [0.1, 0.15) is 48.7 Å². The lowest BCUT2D eigenvalue weighted by atomic mass is 9.97. The second-order valence-corrected chi connectivity index (χ2v) is 7.36. The lowest BCUT2D eigenvalue weighted by Gasteiger charge is -2.15. The van der Waals surface area contributed by atoms with Crippen molar-refractivity contribution in [2.45, 2.75) is 59.4 Å². The van der Waals surface area contributed by atoms with Gasteiger partial charge in [-0.05, 0) is 58.1 Å². The first-order valence-electron chi connectivity index (χ1n) is 8.93. The summed E-state index contributed by atoms with van der Waals surface area (Å²) in [6, 6.07) is 4.35. The Balaban J connectivity index is 1.89. The molecule has 1 aromatic carbocycles. The van der Waals surface area contributed by atoms with Crippen LogP contribution in [0.5, 0.6) is 0 Å². The van der Waals surface area contributed by atoms with Gasteiger partial charge in [0.05, 0.1) is 0 Å². The van der Waals surface area contributed by atoms with Crippen molar-refractivity contribution < 1.29 is 4.52 Å². The molecule has 5 heteroatoms. The molecule has 0 unspecified atom stereocenters. The molecule has 1 N–H and O–H groups in total. The molecule has 130 valence electrons. The molecule has 0 atom stereocenters.